The van der Waals surface area contributed by atoms with E-state index in [0.29, 0.717) is 50.0 Å². The van der Waals surface area contributed by atoms with E-state index >= 15 is 0 Å². The summed E-state index contributed by atoms with van der Waals surface area (Å²) in [6.07, 6.45) is 13.7. The molecule has 0 heterocycles. The molecule has 0 aromatic heterocycles. The van der Waals surface area contributed by atoms with Crippen LogP contribution in [0.15, 0.2) is 49.6 Å². The average molecular weight is 535 g/mol. The molecule has 0 aliphatic heterocycles. The van der Waals surface area contributed by atoms with Gasteiger partial charge in [-0.15, -0.1) is 0 Å². The molecule has 1 aliphatic carbocycles. The maximum absolute atomic E-state index is 11.1. The van der Waals surface area contributed by atoms with E-state index in [1.807, 2.05) is 0 Å². The van der Waals surface area contributed by atoms with E-state index in [4.69, 9.17) is 18.9 Å². The molecular weight excluding hydrogens is 488 g/mol. The molecule has 0 spiro atoms. The fraction of sp³-hybridized carbons (Fsp3) is 0.600. The molecule has 0 bridgehead atoms. The van der Waals surface area contributed by atoms with Crippen molar-refractivity contribution in [2.75, 3.05) is 13.2 Å². The molecule has 1 aliphatic rings. The molecule has 0 N–H and O–H groups in total. The smallest absolute Gasteiger partial charge is 0.333 e. The van der Waals surface area contributed by atoms with Crippen molar-refractivity contribution < 1.29 is 38.1 Å². The number of hydrogen-bond donors (Lipinski definition) is 0. The van der Waals surface area contributed by atoms with Crippen molar-refractivity contribution in [2.45, 2.75) is 103 Å². The molecule has 38 heavy (non-hydrogen) atoms. The molecule has 214 valence electrons. The van der Waals surface area contributed by atoms with E-state index in [9.17, 15) is 19.2 Å². The number of unbranched alkanes of at least 4 members (excludes halogenated alkanes) is 7. The zero-order valence-corrected chi connectivity index (χ0v) is 23.3. The molecule has 0 saturated heterocycles. The van der Waals surface area contributed by atoms with Gasteiger partial charge in [0.25, 0.3) is 0 Å². The summed E-state index contributed by atoms with van der Waals surface area (Å²) >= 11 is 0. The van der Waals surface area contributed by atoms with E-state index in [1.165, 1.54) is 12.8 Å². The first-order valence-corrected chi connectivity index (χ1v) is 13.4. The zero-order valence-electron chi connectivity index (χ0n) is 23.3. The lowest BCUT2D eigenvalue weighted by atomic mass is 9.95. The van der Waals surface area contributed by atoms with Crippen LogP contribution in [0.5, 0.6) is 0 Å². The Kier molecular flexibility index (Phi) is 20.1. The normalized spacial score (nSPS) is 16.1. The summed E-state index contributed by atoms with van der Waals surface area (Å²) < 4.78 is 20.3. The maximum atomic E-state index is 11.1. The van der Waals surface area contributed by atoms with Gasteiger partial charge < -0.3 is 18.9 Å². The van der Waals surface area contributed by atoms with Crippen molar-refractivity contribution in [1.82, 2.24) is 0 Å². The first-order chi connectivity index (χ1) is 18.1. The topological polar surface area (TPSA) is 105 Å². The van der Waals surface area contributed by atoms with Crippen LogP contribution in [-0.2, 0) is 38.1 Å². The molecule has 8 heteroatoms. The second-order valence-corrected chi connectivity index (χ2v) is 9.34. The largest absolute Gasteiger partial charge is 0.462 e. The Hall–Kier alpha value is -3.16. The van der Waals surface area contributed by atoms with Gasteiger partial charge in [0, 0.05) is 23.3 Å². The second kappa shape index (κ2) is 21.9. The number of esters is 4. The van der Waals surface area contributed by atoms with Crippen LogP contribution in [0.4, 0.5) is 0 Å². The molecule has 0 unspecified atom stereocenters. The first-order valence-electron chi connectivity index (χ1n) is 13.4. The molecule has 1 saturated carbocycles. The number of ether oxygens (including phenoxy) is 4. The van der Waals surface area contributed by atoms with Crippen molar-refractivity contribution in [3.05, 3.63) is 49.6 Å². The fourth-order valence-electron chi connectivity index (χ4n) is 3.53. The Balaban J connectivity index is 0.000000755. The van der Waals surface area contributed by atoms with Gasteiger partial charge in [0.05, 0.1) is 13.2 Å². The SMILES string of the molecule is C=C(C)C(=O)OCCCCCCCCCCOC(=O)C(=C)C.C=CC(=O)OC1CCC(OC(=O)C=C)CC1. The third-order valence-electron chi connectivity index (χ3n) is 5.72. The van der Waals surface area contributed by atoms with Gasteiger partial charge in [-0.2, -0.15) is 0 Å². The molecule has 0 amide bonds. The van der Waals surface area contributed by atoms with Gasteiger partial charge in [-0.05, 0) is 52.4 Å². The van der Waals surface area contributed by atoms with Crippen molar-refractivity contribution in [3.63, 3.8) is 0 Å². The Morgan fingerprint density at radius 3 is 1.16 bits per heavy atom. The Morgan fingerprint density at radius 1 is 0.605 bits per heavy atom. The lowest BCUT2D eigenvalue weighted by Gasteiger charge is -2.27. The van der Waals surface area contributed by atoms with Crippen LogP contribution in [0.25, 0.3) is 0 Å². The van der Waals surface area contributed by atoms with Gasteiger partial charge in [-0.3, -0.25) is 0 Å². The van der Waals surface area contributed by atoms with E-state index < -0.39 is 11.9 Å². The summed E-state index contributed by atoms with van der Waals surface area (Å²) in [7, 11) is 0. The number of hydrogen-bond acceptors (Lipinski definition) is 8. The van der Waals surface area contributed by atoms with Gasteiger partial charge >= 0.3 is 23.9 Å². The molecule has 0 radical (unpaired) electrons. The molecule has 0 aromatic carbocycles. The third kappa shape index (κ3) is 19.0. The lowest BCUT2D eigenvalue weighted by molar-refractivity contribution is -0.151. The molecule has 0 aromatic rings. The van der Waals surface area contributed by atoms with Crippen molar-refractivity contribution in [2.24, 2.45) is 0 Å². The highest BCUT2D eigenvalue weighted by molar-refractivity contribution is 5.87. The average Bonchev–Trinajstić information content (AvgIpc) is 2.90. The second-order valence-electron chi connectivity index (χ2n) is 9.34. The predicted molar refractivity (Wildman–Crippen MR) is 147 cm³/mol. The molecule has 0 atom stereocenters. The Labute approximate surface area is 228 Å². The lowest BCUT2D eigenvalue weighted by Crippen LogP contribution is -2.29. The third-order valence-corrected chi connectivity index (χ3v) is 5.72. The minimum atomic E-state index is -0.397. The first kappa shape index (κ1) is 34.8. The van der Waals surface area contributed by atoms with E-state index in [0.717, 1.165) is 50.7 Å². The van der Waals surface area contributed by atoms with Gasteiger partial charge in [0.1, 0.15) is 12.2 Å². The summed E-state index contributed by atoms with van der Waals surface area (Å²) in [6, 6.07) is 0. The number of carbonyl (C=O) groups is 4. The van der Waals surface area contributed by atoms with Crippen molar-refractivity contribution in [1.29, 1.82) is 0 Å². The minimum absolute atomic E-state index is 0.0795. The maximum Gasteiger partial charge on any atom is 0.333 e. The summed E-state index contributed by atoms with van der Waals surface area (Å²) in [4.78, 5) is 44.1. The van der Waals surface area contributed by atoms with Crippen LogP contribution in [-0.4, -0.2) is 49.3 Å². The monoisotopic (exact) mass is 534 g/mol. The minimum Gasteiger partial charge on any atom is -0.462 e. The van der Waals surface area contributed by atoms with E-state index in [2.05, 4.69) is 26.3 Å². The van der Waals surface area contributed by atoms with Gasteiger partial charge in [-0.1, -0.05) is 64.8 Å². The van der Waals surface area contributed by atoms with Crippen molar-refractivity contribution in [3.8, 4) is 0 Å². The summed E-state index contributed by atoms with van der Waals surface area (Å²) in [5.41, 5.74) is 0.905. The summed E-state index contributed by atoms with van der Waals surface area (Å²) in [5.74, 6) is -1.39. The van der Waals surface area contributed by atoms with Crippen molar-refractivity contribution >= 4 is 23.9 Å². The van der Waals surface area contributed by atoms with E-state index in [1.54, 1.807) is 13.8 Å². The Morgan fingerprint density at radius 2 is 0.895 bits per heavy atom. The summed E-state index contributed by atoms with van der Waals surface area (Å²) in [5, 5.41) is 0. The predicted octanol–water partition coefficient (Wildman–Crippen LogP) is 6.10. The van der Waals surface area contributed by atoms with Gasteiger partial charge in [0.2, 0.25) is 0 Å². The standard InChI is InChI=1S/C18H30O4.C12H16O4/c1-15(2)17(19)21-13-11-9-7-5-6-8-10-12-14-22-18(20)16(3)4;1-3-11(13)15-9-5-7-10(8-6-9)16-12(14)4-2/h1,3,5-14H2,2,4H3;3-4,9-10H,1-2,5-8H2. The Bertz CT molecular complexity index is 724. The fourth-order valence-corrected chi connectivity index (χ4v) is 3.53. The quantitative estimate of drug-likeness (QED) is 0.0954. The number of carbonyl (C=O) groups excluding carboxylic acids is 4. The zero-order chi connectivity index (χ0) is 28.8. The highest BCUT2D eigenvalue weighted by Crippen LogP contribution is 2.23. The van der Waals surface area contributed by atoms with Crippen LogP contribution in [0.2, 0.25) is 0 Å². The summed E-state index contributed by atoms with van der Waals surface area (Å²) in [6.45, 7) is 18.0. The molecular formula is C30H46O8. The van der Waals surface area contributed by atoms with E-state index in [-0.39, 0.29) is 24.1 Å². The van der Waals surface area contributed by atoms with Crippen LogP contribution in [0.1, 0.15) is 90.9 Å². The molecule has 1 fully saturated rings. The highest BCUT2D eigenvalue weighted by Gasteiger charge is 2.25. The van der Waals surface area contributed by atoms with Crippen LogP contribution in [0.3, 0.4) is 0 Å². The highest BCUT2D eigenvalue weighted by atomic mass is 16.6. The molecule has 1 rings (SSSR count). The van der Waals surface area contributed by atoms with Crippen LogP contribution < -0.4 is 0 Å². The van der Waals surface area contributed by atoms with Gasteiger partial charge in [0.15, 0.2) is 0 Å². The molecule has 8 nitrogen and oxygen atoms in total. The number of rotatable bonds is 17. The van der Waals surface area contributed by atoms with Crippen LogP contribution >= 0.6 is 0 Å². The van der Waals surface area contributed by atoms with Crippen LogP contribution in [0, 0.1) is 0 Å². The van der Waals surface area contributed by atoms with Gasteiger partial charge in [-0.25, -0.2) is 19.2 Å².